The number of hydrogen-bond donors (Lipinski definition) is 4. The average molecular weight is 383 g/mol. The number of carbonyl (C=O) groups is 2. The minimum Gasteiger partial charge on any atom is -0.383 e. The molecule has 0 spiro atoms. The second-order valence-electron chi connectivity index (χ2n) is 6.73. The van der Waals surface area contributed by atoms with Crippen LogP contribution in [0.5, 0.6) is 0 Å². The highest BCUT2D eigenvalue weighted by Crippen LogP contribution is 2.15. The minimum atomic E-state index is -0.910. The molecule has 0 fully saturated rings. The third kappa shape index (κ3) is 8.42. The highest BCUT2D eigenvalue weighted by atomic mass is 35.5. The molecule has 2 amide bonds. The lowest BCUT2D eigenvalue weighted by molar-refractivity contribution is -0.129. The molecule has 1 heterocycles. The van der Waals surface area contributed by atoms with E-state index in [9.17, 15) is 9.59 Å². The molecule has 0 aliphatic carbocycles. The molecule has 144 valence electrons. The molecule has 1 unspecified atom stereocenters. The molecule has 0 aromatic heterocycles. The monoisotopic (exact) mass is 382 g/mol. The van der Waals surface area contributed by atoms with Gasteiger partial charge in [-0.25, -0.2) is 5.43 Å². The van der Waals surface area contributed by atoms with Gasteiger partial charge in [-0.05, 0) is 38.0 Å². The van der Waals surface area contributed by atoms with E-state index in [2.05, 4.69) is 15.8 Å². The van der Waals surface area contributed by atoms with E-state index < -0.39 is 11.6 Å². The van der Waals surface area contributed by atoms with Crippen LogP contribution in [-0.4, -0.2) is 40.8 Å². The number of rotatable bonds is 5. The van der Waals surface area contributed by atoms with Crippen molar-refractivity contribution < 1.29 is 14.7 Å². The zero-order valence-electron chi connectivity index (χ0n) is 15.4. The number of aliphatic hydroxyl groups is 1. The summed E-state index contributed by atoms with van der Waals surface area (Å²) < 4.78 is 0. The molecule has 2 rings (SSSR count). The van der Waals surface area contributed by atoms with Crippen molar-refractivity contribution >= 4 is 29.1 Å². The van der Waals surface area contributed by atoms with E-state index in [1.807, 2.05) is 38.1 Å². The van der Waals surface area contributed by atoms with Crippen molar-refractivity contribution in [3.8, 4) is 0 Å². The standard InChI is InChI=1S/C10H9ClN2O.C8H18N2O2/c11-8-3-1-2-7(6-8)9-4-5-10(14)13-12-9;1-4-6(11)7(12)10-5-8(2,3)9/h1-3,6H,4-5H2,(H,13,14);6,11H,4-5,9H2,1-3H3,(H,10,12). The Labute approximate surface area is 159 Å². The smallest absolute Gasteiger partial charge is 0.248 e. The molecule has 0 radical (unpaired) electrons. The van der Waals surface area contributed by atoms with Crippen molar-refractivity contribution in [1.82, 2.24) is 10.7 Å². The van der Waals surface area contributed by atoms with E-state index in [4.69, 9.17) is 22.4 Å². The van der Waals surface area contributed by atoms with Gasteiger partial charge in [0.25, 0.3) is 0 Å². The molecule has 1 atom stereocenters. The van der Waals surface area contributed by atoms with Crippen molar-refractivity contribution in [1.29, 1.82) is 0 Å². The van der Waals surface area contributed by atoms with Gasteiger partial charge >= 0.3 is 0 Å². The fourth-order valence-electron chi connectivity index (χ4n) is 1.97. The van der Waals surface area contributed by atoms with Crippen molar-refractivity contribution in [2.45, 2.75) is 51.7 Å². The lowest BCUT2D eigenvalue weighted by Crippen LogP contribution is -2.47. The fraction of sp³-hybridized carbons (Fsp3) is 0.500. The number of benzene rings is 1. The maximum atomic E-state index is 11.0. The van der Waals surface area contributed by atoms with Gasteiger partial charge in [-0.2, -0.15) is 5.10 Å². The van der Waals surface area contributed by atoms with Gasteiger partial charge in [0.05, 0.1) is 5.71 Å². The van der Waals surface area contributed by atoms with Crippen LogP contribution in [0.15, 0.2) is 29.4 Å². The predicted octanol–water partition coefficient (Wildman–Crippen LogP) is 1.56. The minimum absolute atomic E-state index is 0.0317. The Morgan fingerprint density at radius 2 is 2.15 bits per heavy atom. The van der Waals surface area contributed by atoms with E-state index in [1.54, 1.807) is 6.92 Å². The highest BCUT2D eigenvalue weighted by Gasteiger charge is 2.16. The van der Waals surface area contributed by atoms with Gasteiger partial charge in [0.15, 0.2) is 0 Å². The van der Waals surface area contributed by atoms with Gasteiger partial charge in [-0.15, -0.1) is 0 Å². The third-order valence-electron chi connectivity index (χ3n) is 3.47. The number of nitrogens with zero attached hydrogens (tertiary/aromatic N) is 1. The number of carbonyl (C=O) groups excluding carboxylic acids is 2. The third-order valence-corrected chi connectivity index (χ3v) is 3.70. The number of hydrogen-bond acceptors (Lipinski definition) is 5. The van der Waals surface area contributed by atoms with Gasteiger partial charge in [-0.3, -0.25) is 9.59 Å². The van der Waals surface area contributed by atoms with Crippen LogP contribution in [0.4, 0.5) is 0 Å². The maximum absolute atomic E-state index is 11.0. The van der Waals surface area contributed by atoms with Gasteiger partial charge in [0, 0.05) is 29.9 Å². The average Bonchev–Trinajstić information content (AvgIpc) is 2.59. The van der Waals surface area contributed by atoms with Crippen LogP contribution in [-0.2, 0) is 9.59 Å². The number of amides is 2. The summed E-state index contributed by atoms with van der Waals surface area (Å²) in [5.41, 5.74) is 9.51. The van der Waals surface area contributed by atoms with Gasteiger partial charge in [0.1, 0.15) is 6.10 Å². The van der Waals surface area contributed by atoms with E-state index >= 15 is 0 Å². The second-order valence-corrected chi connectivity index (χ2v) is 7.17. The molecule has 0 bridgehead atoms. The Bertz CT molecular complexity index is 656. The largest absolute Gasteiger partial charge is 0.383 e. The predicted molar refractivity (Wildman–Crippen MR) is 103 cm³/mol. The summed E-state index contributed by atoms with van der Waals surface area (Å²) in [5.74, 6) is -0.383. The topological polar surface area (TPSA) is 117 Å². The van der Waals surface area contributed by atoms with Crippen LogP contribution in [0, 0.1) is 0 Å². The van der Waals surface area contributed by atoms with Gasteiger partial charge in [0.2, 0.25) is 11.8 Å². The van der Waals surface area contributed by atoms with E-state index in [0.29, 0.717) is 30.8 Å². The summed E-state index contributed by atoms with van der Waals surface area (Å²) in [6, 6.07) is 7.46. The number of nitrogens with one attached hydrogen (secondary N) is 2. The lowest BCUT2D eigenvalue weighted by atomic mass is 10.0. The Kier molecular flexibility index (Phi) is 8.71. The molecule has 8 heteroatoms. The summed E-state index contributed by atoms with van der Waals surface area (Å²) in [6.45, 7) is 5.75. The Hall–Kier alpha value is -1.96. The quantitative estimate of drug-likeness (QED) is 0.618. The van der Waals surface area contributed by atoms with Crippen LogP contribution in [0.2, 0.25) is 5.02 Å². The van der Waals surface area contributed by atoms with Crippen molar-refractivity contribution in [3.63, 3.8) is 0 Å². The molecule has 1 aliphatic rings. The zero-order chi connectivity index (χ0) is 19.7. The fourth-order valence-corrected chi connectivity index (χ4v) is 2.16. The highest BCUT2D eigenvalue weighted by molar-refractivity contribution is 6.31. The van der Waals surface area contributed by atoms with Crippen LogP contribution >= 0.6 is 11.6 Å². The van der Waals surface area contributed by atoms with E-state index in [1.165, 1.54) is 0 Å². The summed E-state index contributed by atoms with van der Waals surface area (Å²) in [5, 5.41) is 16.3. The molecule has 1 aromatic rings. The molecule has 26 heavy (non-hydrogen) atoms. The lowest BCUT2D eigenvalue weighted by Gasteiger charge is -2.19. The number of halogens is 1. The normalized spacial score (nSPS) is 15.2. The van der Waals surface area contributed by atoms with Crippen LogP contribution in [0.25, 0.3) is 0 Å². The first-order valence-corrected chi connectivity index (χ1v) is 8.86. The first-order chi connectivity index (χ1) is 12.1. The first kappa shape index (κ1) is 22.1. The molecule has 0 saturated heterocycles. The summed E-state index contributed by atoms with van der Waals surface area (Å²) >= 11 is 5.85. The first-order valence-electron chi connectivity index (χ1n) is 8.48. The molecule has 5 N–H and O–H groups in total. The summed E-state index contributed by atoms with van der Waals surface area (Å²) in [6.07, 6.45) is 0.682. The SMILES string of the molecule is CCC(O)C(=O)NCC(C)(C)N.O=C1CCC(c2cccc(Cl)c2)=NN1. The summed E-state index contributed by atoms with van der Waals surface area (Å²) in [7, 11) is 0. The van der Waals surface area contributed by atoms with Crippen molar-refractivity contribution in [3.05, 3.63) is 34.9 Å². The molecule has 1 aliphatic heterocycles. The number of aliphatic hydroxyl groups excluding tert-OH is 1. The second kappa shape index (κ2) is 10.3. The Balaban J connectivity index is 0.000000265. The van der Waals surface area contributed by atoms with Crippen molar-refractivity contribution in [2.75, 3.05) is 6.54 Å². The Morgan fingerprint density at radius 3 is 2.65 bits per heavy atom. The van der Waals surface area contributed by atoms with Gasteiger partial charge < -0.3 is 16.2 Å². The van der Waals surface area contributed by atoms with Crippen LogP contribution in [0.1, 0.15) is 45.6 Å². The number of nitrogens with two attached hydrogens (primary N) is 1. The summed E-state index contributed by atoms with van der Waals surface area (Å²) in [4.78, 5) is 21.9. The molecular weight excluding hydrogens is 356 g/mol. The number of hydrazone groups is 1. The molecule has 0 saturated carbocycles. The van der Waals surface area contributed by atoms with Crippen LogP contribution in [0.3, 0.4) is 0 Å². The van der Waals surface area contributed by atoms with Crippen molar-refractivity contribution in [2.24, 2.45) is 10.8 Å². The molecule has 7 nitrogen and oxygen atoms in total. The molecular formula is C18H27ClN4O3. The maximum Gasteiger partial charge on any atom is 0.248 e. The van der Waals surface area contributed by atoms with E-state index in [0.717, 1.165) is 11.3 Å². The van der Waals surface area contributed by atoms with Gasteiger partial charge in [-0.1, -0.05) is 30.7 Å². The zero-order valence-corrected chi connectivity index (χ0v) is 16.1. The van der Waals surface area contributed by atoms with Crippen LogP contribution < -0.4 is 16.5 Å². The molecule has 1 aromatic carbocycles. The Morgan fingerprint density at radius 1 is 1.46 bits per heavy atom. The van der Waals surface area contributed by atoms with E-state index in [-0.39, 0.29) is 11.8 Å².